The Bertz CT molecular complexity index is 542. The van der Waals surface area contributed by atoms with Crippen molar-refractivity contribution in [2.45, 2.75) is 18.0 Å². The highest BCUT2D eigenvalue weighted by molar-refractivity contribution is 7.98. The molecule has 0 aliphatic carbocycles. The highest BCUT2D eigenvalue weighted by Crippen LogP contribution is 2.22. The smallest absolute Gasteiger partial charge is 0.119 e. The normalized spacial score (nSPS) is 10.5. The van der Waals surface area contributed by atoms with Crippen LogP contribution in [0.2, 0.25) is 5.02 Å². The van der Waals surface area contributed by atoms with Gasteiger partial charge in [0.15, 0.2) is 0 Å². The molecule has 0 spiro atoms. The summed E-state index contributed by atoms with van der Waals surface area (Å²) in [6.07, 6.45) is 2.05. The van der Waals surface area contributed by atoms with Crippen molar-refractivity contribution in [3.8, 4) is 5.75 Å². The van der Waals surface area contributed by atoms with Crippen molar-refractivity contribution in [3.63, 3.8) is 0 Å². The molecule has 0 amide bonds. The van der Waals surface area contributed by atoms with Gasteiger partial charge in [-0.3, -0.25) is 0 Å². The molecule has 0 saturated carbocycles. The molecule has 2 aromatic rings. The molecule has 2 aromatic carbocycles. The van der Waals surface area contributed by atoms with Crippen LogP contribution >= 0.6 is 23.4 Å². The molecule has 0 heterocycles. The zero-order valence-corrected chi connectivity index (χ0v) is 12.3. The molecule has 19 heavy (non-hydrogen) atoms. The van der Waals surface area contributed by atoms with Crippen LogP contribution < -0.4 is 10.5 Å². The van der Waals surface area contributed by atoms with E-state index < -0.39 is 0 Å². The molecule has 0 atom stereocenters. The molecule has 4 heteroatoms. The molecular weight excluding hydrogens is 278 g/mol. The predicted molar refractivity (Wildman–Crippen MR) is 81.9 cm³/mol. The van der Waals surface area contributed by atoms with Gasteiger partial charge in [-0.2, -0.15) is 0 Å². The maximum Gasteiger partial charge on any atom is 0.119 e. The lowest BCUT2D eigenvalue weighted by atomic mass is 10.1. The number of hydrogen-bond acceptors (Lipinski definition) is 3. The van der Waals surface area contributed by atoms with Crippen LogP contribution in [-0.2, 0) is 13.2 Å². The first-order valence-corrected chi connectivity index (χ1v) is 7.57. The molecule has 0 radical (unpaired) electrons. The van der Waals surface area contributed by atoms with Crippen molar-refractivity contribution in [3.05, 3.63) is 58.6 Å². The molecule has 0 unspecified atom stereocenters. The van der Waals surface area contributed by atoms with Crippen LogP contribution in [0.1, 0.15) is 11.1 Å². The lowest BCUT2D eigenvalue weighted by molar-refractivity contribution is 0.306. The molecule has 0 fully saturated rings. The largest absolute Gasteiger partial charge is 0.489 e. The van der Waals surface area contributed by atoms with Gasteiger partial charge in [-0.1, -0.05) is 23.7 Å². The zero-order chi connectivity index (χ0) is 13.7. The molecule has 0 bridgehead atoms. The molecule has 100 valence electrons. The van der Waals surface area contributed by atoms with Crippen molar-refractivity contribution in [1.29, 1.82) is 0 Å². The van der Waals surface area contributed by atoms with Gasteiger partial charge in [-0.05, 0) is 42.2 Å². The van der Waals surface area contributed by atoms with Crippen molar-refractivity contribution in [2.75, 3.05) is 6.26 Å². The Labute approximate surface area is 122 Å². The molecule has 0 saturated heterocycles. The Morgan fingerprint density at radius 3 is 2.47 bits per heavy atom. The van der Waals surface area contributed by atoms with E-state index in [1.54, 1.807) is 11.8 Å². The predicted octanol–water partition coefficient (Wildman–Crippen LogP) is 4.10. The standard InChI is InChI=1S/C15H16ClNOS/c1-19-14-6-4-13(5-7-14)18-10-12-3-2-11(9-17)8-15(12)16/h2-8H,9-10,17H2,1H3. The Kier molecular flexibility index (Phi) is 5.14. The van der Waals surface area contributed by atoms with Crippen LogP contribution in [0.15, 0.2) is 47.4 Å². The minimum Gasteiger partial charge on any atom is -0.489 e. The molecule has 2 nitrogen and oxygen atoms in total. The second-order valence-corrected chi connectivity index (χ2v) is 5.38. The van der Waals surface area contributed by atoms with Gasteiger partial charge in [0.05, 0.1) is 0 Å². The summed E-state index contributed by atoms with van der Waals surface area (Å²) in [6.45, 7) is 0.958. The SMILES string of the molecule is CSc1ccc(OCc2ccc(CN)cc2Cl)cc1. The lowest BCUT2D eigenvalue weighted by Gasteiger charge is -2.09. The molecule has 2 N–H and O–H groups in total. The van der Waals surface area contributed by atoms with Gasteiger partial charge in [-0.25, -0.2) is 0 Å². The van der Waals surface area contributed by atoms with Crippen LogP contribution in [0.3, 0.4) is 0 Å². The van der Waals surface area contributed by atoms with Crippen LogP contribution in [0.4, 0.5) is 0 Å². The van der Waals surface area contributed by atoms with Gasteiger partial charge in [0.2, 0.25) is 0 Å². The number of benzene rings is 2. The van der Waals surface area contributed by atoms with Crippen molar-refractivity contribution in [1.82, 2.24) is 0 Å². The van der Waals surface area contributed by atoms with E-state index in [0.29, 0.717) is 18.2 Å². The molecular formula is C15H16ClNOS. The third-order valence-electron chi connectivity index (χ3n) is 2.81. The van der Waals surface area contributed by atoms with Crippen molar-refractivity contribution < 1.29 is 4.74 Å². The minimum absolute atomic E-state index is 0.461. The quantitative estimate of drug-likeness (QED) is 0.843. The maximum atomic E-state index is 6.18. The number of hydrogen-bond donors (Lipinski definition) is 1. The average molecular weight is 294 g/mol. The average Bonchev–Trinajstić information content (AvgIpc) is 2.46. The lowest BCUT2D eigenvalue weighted by Crippen LogP contribution is -1.99. The second-order valence-electron chi connectivity index (χ2n) is 4.09. The van der Waals surface area contributed by atoms with Crippen LogP contribution in [0.5, 0.6) is 5.75 Å². The Morgan fingerprint density at radius 1 is 1.16 bits per heavy atom. The Morgan fingerprint density at radius 2 is 1.89 bits per heavy atom. The Hall–Kier alpha value is -1.16. The summed E-state index contributed by atoms with van der Waals surface area (Å²) in [5, 5.41) is 0.698. The van der Waals surface area contributed by atoms with Gasteiger partial charge >= 0.3 is 0 Å². The van der Waals surface area contributed by atoms with E-state index in [-0.39, 0.29) is 0 Å². The summed E-state index contributed by atoms with van der Waals surface area (Å²) in [5.74, 6) is 0.844. The minimum atomic E-state index is 0.461. The summed E-state index contributed by atoms with van der Waals surface area (Å²) >= 11 is 7.89. The first kappa shape index (κ1) is 14.3. The van der Waals surface area contributed by atoms with E-state index >= 15 is 0 Å². The fourth-order valence-electron chi connectivity index (χ4n) is 1.67. The van der Waals surface area contributed by atoms with Gasteiger partial charge in [0.25, 0.3) is 0 Å². The monoisotopic (exact) mass is 293 g/mol. The first-order valence-electron chi connectivity index (χ1n) is 5.97. The topological polar surface area (TPSA) is 35.2 Å². The number of rotatable bonds is 5. The van der Waals surface area contributed by atoms with E-state index in [1.165, 1.54) is 4.90 Å². The van der Waals surface area contributed by atoms with E-state index in [2.05, 4.69) is 6.26 Å². The summed E-state index contributed by atoms with van der Waals surface area (Å²) in [7, 11) is 0. The summed E-state index contributed by atoms with van der Waals surface area (Å²) < 4.78 is 5.72. The number of thioether (sulfide) groups is 1. The van der Waals surface area contributed by atoms with E-state index in [4.69, 9.17) is 22.1 Å². The number of ether oxygens (including phenoxy) is 1. The van der Waals surface area contributed by atoms with E-state index in [9.17, 15) is 0 Å². The third kappa shape index (κ3) is 3.90. The van der Waals surface area contributed by atoms with Gasteiger partial charge in [-0.15, -0.1) is 11.8 Å². The molecule has 0 aliphatic heterocycles. The second kappa shape index (κ2) is 6.85. The third-order valence-corrected chi connectivity index (χ3v) is 3.90. The first-order chi connectivity index (χ1) is 9.22. The fourth-order valence-corrected chi connectivity index (χ4v) is 2.33. The van der Waals surface area contributed by atoms with E-state index in [0.717, 1.165) is 16.9 Å². The van der Waals surface area contributed by atoms with E-state index in [1.807, 2.05) is 42.5 Å². The summed E-state index contributed by atoms with van der Waals surface area (Å²) in [4.78, 5) is 1.22. The highest BCUT2D eigenvalue weighted by Gasteiger charge is 2.03. The summed E-state index contributed by atoms with van der Waals surface area (Å²) in [5.41, 5.74) is 7.56. The number of halogens is 1. The van der Waals surface area contributed by atoms with Gasteiger partial charge in [0.1, 0.15) is 12.4 Å². The molecule has 0 aromatic heterocycles. The van der Waals surface area contributed by atoms with Crippen LogP contribution in [0.25, 0.3) is 0 Å². The molecule has 2 rings (SSSR count). The van der Waals surface area contributed by atoms with Crippen molar-refractivity contribution in [2.24, 2.45) is 5.73 Å². The molecule has 0 aliphatic rings. The van der Waals surface area contributed by atoms with Crippen molar-refractivity contribution >= 4 is 23.4 Å². The number of nitrogens with two attached hydrogens (primary N) is 1. The van der Waals surface area contributed by atoms with Crippen LogP contribution in [0, 0.1) is 0 Å². The van der Waals surface area contributed by atoms with Gasteiger partial charge in [0, 0.05) is 22.0 Å². The van der Waals surface area contributed by atoms with Crippen LogP contribution in [-0.4, -0.2) is 6.26 Å². The van der Waals surface area contributed by atoms with Gasteiger partial charge < -0.3 is 10.5 Å². The maximum absolute atomic E-state index is 6.18. The highest BCUT2D eigenvalue weighted by atomic mass is 35.5. The fraction of sp³-hybridized carbons (Fsp3) is 0.200. The zero-order valence-electron chi connectivity index (χ0n) is 10.7. The Balaban J connectivity index is 2.01. The summed E-state index contributed by atoms with van der Waals surface area (Å²) in [6, 6.07) is 13.8.